The fraction of sp³-hybridized carbons (Fsp3) is 0.727. The molecule has 0 aromatic heterocycles. The maximum atomic E-state index is 11.2. The van der Waals surface area contributed by atoms with E-state index >= 15 is 0 Å². The summed E-state index contributed by atoms with van der Waals surface area (Å²) in [5.74, 6) is -0.168. The van der Waals surface area contributed by atoms with Gasteiger partial charge in [-0.3, -0.25) is 4.79 Å². The highest BCUT2D eigenvalue weighted by molar-refractivity contribution is 5.70. The average molecular weight is 198 g/mol. The molecule has 0 radical (unpaired) electrons. The predicted octanol–water partition coefficient (Wildman–Crippen LogP) is 2.06. The third-order valence-electron chi connectivity index (χ3n) is 2.38. The van der Waals surface area contributed by atoms with Gasteiger partial charge >= 0.3 is 5.97 Å². The van der Waals surface area contributed by atoms with Crippen LogP contribution in [0, 0.1) is 0 Å². The molecular weight excluding hydrogens is 180 g/mol. The van der Waals surface area contributed by atoms with E-state index in [0.717, 1.165) is 13.0 Å². The first-order chi connectivity index (χ1) is 6.65. The Morgan fingerprint density at radius 2 is 2.29 bits per heavy atom. The Morgan fingerprint density at radius 1 is 1.57 bits per heavy atom. The minimum Gasteiger partial charge on any atom is -0.466 e. The summed E-state index contributed by atoms with van der Waals surface area (Å²) >= 11 is 0. The smallest absolute Gasteiger partial charge is 0.308 e. The molecule has 14 heavy (non-hydrogen) atoms. The van der Waals surface area contributed by atoms with E-state index in [-0.39, 0.29) is 12.1 Å². The van der Waals surface area contributed by atoms with Crippen LogP contribution in [-0.4, -0.2) is 25.3 Å². The van der Waals surface area contributed by atoms with Crippen LogP contribution in [0.2, 0.25) is 0 Å². The molecule has 0 N–H and O–H groups in total. The van der Waals surface area contributed by atoms with E-state index in [2.05, 4.69) is 13.8 Å². The second kappa shape index (κ2) is 5.15. The maximum Gasteiger partial charge on any atom is 0.308 e. The third-order valence-corrected chi connectivity index (χ3v) is 2.38. The quantitative estimate of drug-likeness (QED) is 0.514. The molecule has 1 rings (SSSR count). The molecule has 0 aliphatic carbocycles. The summed E-state index contributed by atoms with van der Waals surface area (Å²) in [6, 6.07) is 0. The summed E-state index contributed by atoms with van der Waals surface area (Å²) in [5.41, 5.74) is 2.52. The molecule has 3 heteroatoms. The molecule has 1 saturated heterocycles. The lowest BCUT2D eigenvalue weighted by molar-refractivity contribution is -0.145. The molecule has 3 nitrogen and oxygen atoms in total. The van der Waals surface area contributed by atoms with Gasteiger partial charge in [0.2, 0.25) is 0 Å². The Morgan fingerprint density at radius 3 is 2.86 bits per heavy atom. The fourth-order valence-electron chi connectivity index (χ4n) is 1.70. The van der Waals surface area contributed by atoms with Gasteiger partial charge < -0.3 is 9.47 Å². The van der Waals surface area contributed by atoms with Gasteiger partial charge in [0, 0.05) is 0 Å². The summed E-state index contributed by atoms with van der Waals surface area (Å²) in [4.78, 5) is 11.2. The van der Waals surface area contributed by atoms with Crippen LogP contribution in [0.25, 0.3) is 0 Å². The fourth-order valence-corrected chi connectivity index (χ4v) is 1.70. The molecule has 0 spiro atoms. The minimum atomic E-state index is -0.168. The van der Waals surface area contributed by atoms with E-state index < -0.39 is 0 Å². The third kappa shape index (κ3) is 2.84. The van der Waals surface area contributed by atoms with Crippen LogP contribution < -0.4 is 0 Å². The van der Waals surface area contributed by atoms with Crippen LogP contribution in [0.15, 0.2) is 11.1 Å². The number of hydrogen-bond donors (Lipinski definition) is 0. The number of carbonyl (C=O) groups excluding carboxylic acids is 1. The van der Waals surface area contributed by atoms with Crippen LogP contribution in [0.4, 0.5) is 0 Å². The van der Waals surface area contributed by atoms with Gasteiger partial charge in [-0.25, -0.2) is 0 Å². The van der Waals surface area contributed by atoms with Crippen molar-refractivity contribution in [1.29, 1.82) is 0 Å². The number of rotatable bonds is 3. The largest absolute Gasteiger partial charge is 0.466 e. The first kappa shape index (κ1) is 11.2. The molecule has 1 aliphatic rings. The number of esters is 1. The van der Waals surface area contributed by atoms with E-state index in [1.807, 2.05) is 6.92 Å². The molecule has 0 unspecified atom stereocenters. The van der Waals surface area contributed by atoms with E-state index in [4.69, 9.17) is 9.47 Å². The van der Waals surface area contributed by atoms with Crippen molar-refractivity contribution in [2.45, 2.75) is 39.7 Å². The van der Waals surface area contributed by atoms with Gasteiger partial charge in [0.15, 0.2) is 0 Å². The van der Waals surface area contributed by atoms with Crippen molar-refractivity contribution in [2.75, 3.05) is 13.2 Å². The molecule has 0 aromatic carbocycles. The van der Waals surface area contributed by atoms with Crippen LogP contribution in [0.1, 0.15) is 33.6 Å². The van der Waals surface area contributed by atoms with E-state index in [0.29, 0.717) is 13.0 Å². The molecule has 80 valence electrons. The summed E-state index contributed by atoms with van der Waals surface area (Å²) in [5, 5.41) is 0. The van der Waals surface area contributed by atoms with Gasteiger partial charge in [-0.1, -0.05) is 5.57 Å². The standard InChI is InChI=1S/C11H18O3/c1-4-13-11(12)7-10-9(8(2)3)5-6-14-10/h10H,4-7H2,1-3H3/t10-/m0/s1. The summed E-state index contributed by atoms with van der Waals surface area (Å²) in [6.45, 7) is 7.10. The van der Waals surface area contributed by atoms with Crippen LogP contribution in [0.5, 0.6) is 0 Å². The Bertz CT molecular complexity index is 239. The highest BCUT2D eigenvalue weighted by atomic mass is 16.5. The zero-order valence-corrected chi connectivity index (χ0v) is 9.13. The zero-order chi connectivity index (χ0) is 10.6. The minimum absolute atomic E-state index is 0.0425. The Kier molecular flexibility index (Phi) is 4.14. The summed E-state index contributed by atoms with van der Waals surface area (Å²) < 4.78 is 10.4. The SMILES string of the molecule is CCOC(=O)C[C@@H]1OCCC1=C(C)C. The van der Waals surface area contributed by atoms with Gasteiger partial charge in [-0.2, -0.15) is 0 Å². The molecule has 1 fully saturated rings. The highest BCUT2D eigenvalue weighted by Crippen LogP contribution is 2.25. The summed E-state index contributed by atoms with van der Waals surface area (Å²) in [7, 11) is 0. The van der Waals surface area contributed by atoms with Crippen molar-refractivity contribution in [3.63, 3.8) is 0 Å². The molecular formula is C11H18O3. The Labute approximate surface area is 85.1 Å². The van der Waals surface area contributed by atoms with Gasteiger partial charge in [-0.05, 0) is 32.8 Å². The maximum absolute atomic E-state index is 11.2. The lowest BCUT2D eigenvalue weighted by Crippen LogP contribution is -2.17. The number of allylic oxidation sites excluding steroid dienone is 1. The van der Waals surface area contributed by atoms with Crippen molar-refractivity contribution in [2.24, 2.45) is 0 Å². The van der Waals surface area contributed by atoms with Gasteiger partial charge in [0.1, 0.15) is 0 Å². The lowest BCUT2D eigenvalue weighted by atomic mass is 10.0. The molecule has 0 bridgehead atoms. The summed E-state index contributed by atoms with van der Waals surface area (Å²) in [6.07, 6.45) is 1.26. The van der Waals surface area contributed by atoms with Crippen LogP contribution in [0.3, 0.4) is 0 Å². The topological polar surface area (TPSA) is 35.5 Å². The lowest BCUT2D eigenvalue weighted by Gasteiger charge is -2.12. The monoisotopic (exact) mass is 198 g/mol. The van der Waals surface area contributed by atoms with Gasteiger partial charge in [0.05, 0.1) is 25.7 Å². The van der Waals surface area contributed by atoms with Crippen molar-refractivity contribution < 1.29 is 14.3 Å². The second-order valence-electron chi connectivity index (χ2n) is 3.64. The zero-order valence-electron chi connectivity index (χ0n) is 9.13. The first-order valence-corrected chi connectivity index (χ1v) is 5.08. The Balaban J connectivity index is 2.52. The number of carbonyl (C=O) groups is 1. The van der Waals surface area contributed by atoms with Crippen molar-refractivity contribution in [1.82, 2.24) is 0 Å². The number of ether oxygens (including phenoxy) is 2. The molecule has 1 heterocycles. The van der Waals surface area contributed by atoms with Gasteiger partial charge in [0.25, 0.3) is 0 Å². The average Bonchev–Trinajstić information content (AvgIpc) is 2.52. The highest BCUT2D eigenvalue weighted by Gasteiger charge is 2.25. The first-order valence-electron chi connectivity index (χ1n) is 5.08. The van der Waals surface area contributed by atoms with Crippen molar-refractivity contribution in [3.8, 4) is 0 Å². The van der Waals surface area contributed by atoms with Crippen molar-refractivity contribution >= 4 is 5.97 Å². The Hall–Kier alpha value is -0.830. The van der Waals surface area contributed by atoms with E-state index in [1.165, 1.54) is 11.1 Å². The van der Waals surface area contributed by atoms with Crippen LogP contribution in [-0.2, 0) is 14.3 Å². The molecule has 1 atom stereocenters. The molecule has 0 saturated carbocycles. The van der Waals surface area contributed by atoms with Crippen LogP contribution >= 0.6 is 0 Å². The molecule has 0 aromatic rings. The van der Waals surface area contributed by atoms with Gasteiger partial charge in [-0.15, -0.1) is 0 Å². The number of hydrogen-bond acceptors (Lipinski definition) is 3. The molecule has 1 aliphatic heterocycles. The second-order valence-corrected chi connectivity index (χ2v) is 3.64. The molecule has 0 amide bonds. The normalized spacial score (nSPS) is 21.1. The van der Waals surface area contributed by atoms with E-state index in [1.54, 1.807) is 0 Å². The predicted molar refractivity (Wildman–Crippen MR) is 54.0 cm³/mol. The van der Waals surface area contributed by atoms with E-state index in [9.17, 15) is 4.79 Å². The van der Waals surface area contributed by atoms with Crippen molar-refractivity contribution in [3.05, 3.63) is 11.1 Å².